The molecule has 22 heavy (non-hydrogen) atoms. The largest absolute Gasteiger partial charge is 0.496 e. The summed E-state index contributed by atoms with van der Waals surface area (Å²) in [6, 6.07) is 7.80. The van der Waals surface area contributed by atoms with Crippen LogP contribution in [0.25, 0.3) is 0 Å². The molecule has 7 nitrogen and oxygen atoms in total. The lowest BCUT2D eigenvalue weighted by atomic mass is 10.2. The summed E-state index contributed by atoms with van der Waals surface area (Å²) in [5, 5.41) is 11.0. The average Bonchev–Trinajstić information content (AvgIpc) is 2.47. The van der Waals surface area contributed by atoms with Crippen molar-refractivity contribution in [3.05, 3.63) is 58.4 Å². The number of hydrogen-bond acceptors (Lipinski definition) is 5. The Morgan fingerprint density at radius 1 is 1.18 bits per heavy atom. The van der Waals surface area contributed by atoms with E-state index in [2.05, 4.69) is 4.72 Å². The van der Waals surface area contributed by atoms with Gasteiger partial charge in [0.2, 0.25) is 0 Å². The highest BCUT2D eigenvalue weighted by molar-refractivity contribution is 7.92. The Balaban J connectivity index is 2.41. The molecule has 1 N–H and O–H groups in total. The zero-order valence-corrected chi connectivity index (χ0v) is 12.1. The number of hydrogen-bond donors (Lipinski definition) is 1. The topological polar surface area (TPSA) is 98.5 Å². The Morgan fingerprint density at radius 2 is 1.82 bits per heavy atom. The number of nitrogens with one attached hydrogen (secondary N) is 1. The zero-order chi connectivity index (χ0) is 16.3. The molecule has 0 heterocycles. The van der Waals surface area contributed by atoms with E-state index in [9.17, 15) is 22.9 Å². The molecule has 0 unspecified atom stereocenters. The van der Waals surface area contributed by atoms with E-state index in [1.165, 1.54) is 19.2 Å². The summed E-state index contributed by atoms with van der Waals surface area (Å²) in [4.78, 5) is 10.1. The first-order valence-corrected chi connectivity index (χ1v) is 7.42. The summed E-state index contributed by atoms with van der Waals surface area (Å²) >= 11 is 0. The van der Waals surface area contributed by atoms with E-state index in [-0.39, 0.29) is 16.3 Å². The number of nitro benzene ring substituents is 1. The van der Waals surface area contributed by atoms with Crippen molar-refractivity contribution in [2.24, 2.45) is 0 Å². The van der Waals surface area contributed by atoms with Crippen LogP contribution in [0, 0.1) is 15.9 Å². The predicted molar refractivity (Wildman–Crippen MR) is 76.9 cm³/mol. The van der Waals surface area contributed by atoms with Crippen LogP contribution in [0.2, 0.25) is 0 Å². The molecule has 0 amide bonds. The summed E-state index contributed by atoms with van der Waals surface area (Å²) < 4.78 is 44.1. The lowest BCUT2D eigenvalue weighted by molar-refractivity contribution is -0.384. The van der Waals surface area contributed by atoms with Crippen molar-refractivity contribution in [3.8, 4) is 5.75 Å². The van der Waals surface area contributed by atoms with E-state index in [0.29, 0.717) is 0 Å². The van der Waals surface area contributed by atoms with Gasteiger partial charge in [-0.3, -0.25) is 14.8 Å². The molecule has 0 saturated heterocycles. The molecule has 2 aromatic carbocycles. The van der Waals surface area contributed by atoms with Gasteiger partial charge in [-0.05, 0) is 36.4 Å². The molecule has 0 aliphatic rings. The smallest absolute Gasteiger partial charge is 0.297 e. The average molecular weight is 326 g/mol. The Kier molecular flexibility index (Phi) is 4.27. The highest BCUT2D eigenvalue weighted by Gasteiger charge is 2.21. The van der Waals surface area contributed by atoms with E-state index >= 15 is 0 Å². The fraction of sp³-hybridized carbons (Fsp3) is 0.0769. The van der Waals surface area contributed by atoms with Gasteiger partial charge in [-0.25, -0.2) is 12.8 Å². The lowest BCUT2D eigenvalue weighted by Gasteiger charge is -2.09. The second-order valence-corrected chi connectivity index (χ2v) is 5.88. The van der Waals surface area contributed by atoms with Gasteiger partial charge >= 0.3 is 0 Å². The summed E-state index contributed by atoms with van der Waals surface area (Å²) in [5.41, 5.74) is -0.667. The first-order valence-electron chi connectivity index (χ1n) is 5.94. The van der Waals surface area contributed by atoms with Gasteiger partial charge in [-0.15, -0.1) is 0 Å². The second kappa shape index (κ2) is 5.98. The lowest BCUT2D eigenvalue weighted by Crippen LogP contribution is -2.14. The van der Waals surface area contributed by atoms with Gasteiger partial charge in [0.25, 0.3) is 15.7 Å². The molecule has 0 bridgehead atoms. The SMILES string of the molecule is COc1ccc(NS(=O)(=O)c2ccc(F)cc2)c([N+](=O)[O-])c1. The van der Waals surface area contributed by atoms with Crippen LogP contribution in [0.15, 0.2) is 47.4 Å². The maximum absolute atomic E-state index is 12.8. The van der Waals surface area contributed by atoms with E-state index in [4.69, 9.17) is 4.74 Å². The molecule has 116 valence electrons. The van der Waals surface area contributed by atoms with E-state index in [1.807, 2.05) is 0 Å². The minimum Gasteiger partial charge on any atom is -0.496 e. The van der Waals surface area contributed by atoms with Crippen LogP contribution < -0.4 is 9.46 Å². The van der Waals surface area contributed by atoms with Crippen LogP contribution >= 0.6 is 0 Å². The van der Waals surface area contributed by atoms with Crippen molar-refractivity contribution in [1.29, 1.82) is 0 Å². The highest BCUT2D eigenvalue weighted by atomic mass is 32.2. The molecule has 0 aliphatic heterocycles. The molecular formula is C13H11FN2O5S. The van der Waals surface area contributed by atoms with Gasteiger partial charge in [0.1, 0.15) is 17.3 Å². The van der Waals surface area contributed by atoms with Crippen molar-refractivity contribution in [1.82, 2.24) is 0 Å². The van der Waals surface area contributed by atoms with Crippen LogP contribution in [0.4, 0.5) is 15.8 Å². The fourth-order valence-electron chi connectivity index (χ4n) is 1.69. The number of nitro groups is 1. The van der Waals surface area contributed by atoms with Crippen LogP contribution in [0.3, 0.4) is 0 Å². The third-order valence-corrected chi connectivity index (χ3v) is 4.15. The summed E-state index contributed by atoms with van der Waals surface area (Å²) in [6.45, 7) is 0. The summed E-state index contributed by atoms with van der Waals surface area (Å²) in [6.07, 6.45) is 0. The van der Waals surface area contributed by atoms with Gasteiger partial charge < -0.3 is 4.74 Å². The Hall–Kier alpha value is -2.68. The molecule has 0 atom stereocenters. The molecular weight excluding hydrogens is 315 g/mol. The first-order chi connectivity index (χ1) is 10.3. The highest BCUT2D eigenvalue weighted by Crippen LogP contribution is 2.30. The summed E-state index contributed by atoms with van der Waals surface area (Å²) in [5.74, 6) is -0.370. The summed E-state index contributed by atoms with van der Waals surface area (Å²) in [7, 11) is -2.73. The molecule has 0 aromatic heterocycles. The van der Waals surface area contributed by atoms with E-state index in [0.717, 1.165) is 30.3 Å². The number of methoxy groups -OCH3 is 1. The number of anilines is 1. The molecule has 0 radical (unpaired) electrons. The molecule has 0 saturated carbocycles. The predicted octanol–water partition coefficient (Wildman–Crippen LogP) is 2.54. The maximum atomic E-state index is 12.8. The Labute approximate surface area is 125 Å². The van der Waals surface area contributed by atoms with Gasteiger partial charge in [-0.1, -0.05) is 0 Å². The maximum Gasteiger partial charge on any atom is 0.297 e. The number of rotatable bonds is 5. The molecule has 2 rings (SSSR count). The Bertz CT molecular complexity index is 806. The third-order valence-electron chi connectivity index (χ3n) is 2.77. The number of sulfonamides is 1. The molecule has 2 aromatic rings. The minimum atomic E-state index is -4.07. The van der Waals surface area contributed by atoms with Crippen molar-refractivity contribution in [2.75, 3.05) is 11.8 Å². The van der Waals surface area contributed by atoms with E-state index < -0.39 is 26.5 Å². The first kappa shape index (κ1) is 15.7. The third kappa shape index (κ3) is 3.31. The van der Waals surface area contributed by atoms with E-state index in [1.54, 1.807) is 0 Å². The van der Waals surface area contributed by atoms with Crippen molar-refractivity contribution >= 4 is 21.4 Å². The van der Waals surface area contributed by atoms with Gasteiger partial charge in [0.15, 0.2) is 0 Å². The van der Waals surface area contributed by atoms with Crippen molar-refractivity contribution < 1.29 is 22.5 Å². The number of halogens is 1. The second-order valence-electron chi connectivity index (χ2n) is 4.20. The monoisotopic (exact) mass is 326 g/mol. The number of nitrogens with zero attached hydrogens (tertiary/aromatic N) is 1. The zero-order valence-electron chi connectivity index (χ0n) is 11.3. The quantitative estimate of drug-likeness (QED) is 0.672. The number of benzene rings is 2. The molecule has 0 fully saturated rings. The minimum absolute atomic E-state index is 0.209. The van der Waals surface area contributed by atoms with Crippen molar-refractivity contribution in [2.45, 2.75) is 4.90 Å². The van der Waals surface area contributed by atoms with Gasteiger partial charge in [-0.2, -0.15) is 0 Å². The van der Waals surface area contributed by atoms with Crippen LogP contribution in [0.1, 0.15) is 0 Å². The normalized spacial score (nSPS) is 11.0. The molecule has 9 heteroatoms. The fourth-order valence-corrected chi connectivity index (χ4v) is 2.77. The van der Waals surface area contributed by atoms with Gasteiger partial charge in [0, 0.05) is 0 Å². The van der Waals surface area contributed by atoms with Crippen molar-refractivity contribution in [3.63, 3.8) is 0 Å². The number of ether oxygens (including phenoxy) is 1. The molecule has 0 aliphatic carbocycles. The van der Waals surface area contributed by atoms with Crippen LogP contribution in [0.5, 0.6) is 5.75 Å². The van der Waals surface area contributed by atoms with Crippen LogP contribution in [-0.4, -0.2) is 20.5 Å². The van der Waals surface area contributed by atoms with Crippen LogP contribution in [-0.2, 0) is 10.0 Å². The standard InChI is InChI=1S/C13H11FN2O5S/c1-21-10-4-7-12(13(8-10)16(17)18)15-22(19,20)11-5-2-9(14)3-6-11/h2-8,15H,1H3. The van der Waals surface area contributed by atoms with Gasteiger partial charge in [0.05, 0.1) is 23.0 Å². The Morgan fingerprint density at radius 3 is 2.36 bits per heavy atom. The molecule has 0 spiro atoms.